The summed E-state index contributed by atoms with van der Waals surface area (Å²) >= 11 is 0. The minimum Gasteiger partial charge on any atom is -0.478 e. The second-order valence-electron chi connectivity index (χ2n) is 5.20. The van der Waals surface area contributed by atoms with Gasteiger partial charge < -0.3 is 10.4 Å². The fraction of sp³-hybridized carbons (Fsp3) is 0.267. The Labute approximate surface area is 121 Å². The third-order valence-corrected chi connectivity index (χ3v) is 3.82. The summed E-state index contributed by atoms with van der Waals surface area (Å²) in [6.45, 7) is 1.91. The molecule has 3 rings (SSSR count). The van der Waals surface area contributed by atoms with Gasteiger partial charge in [-0.2, -0.15) is 5.10 Å². The fourth-order valence-corrected chi connectivity index (χ4v) is 2.85. The highest BCUT2D eigenvalue weighted by atomic mass is 16.4. The fourth-order valence-electron chi connectivity index (χ4n) is 2.85. The summed E-state index contributed by atoms with van der Waals surface area (Å²) in [6.07, 6.45) is 0.339. The van der Waals surface area contributed by atoms with Crippen LogP contribution in [0.15, 0.2) is 24.3 Å². The number of nitrogens with one attached hydrogen (secondary N) is 1. The molecule has 2 aromatic rings. The van der Waals surface area contributed by atoms with Crippen molar-refractivity contribution in [2.45, 2.75) is 19.3 Å². The summed E-state index contributed by atoms with van der Waals surface area (Å²) in [5, 5.41) is 16.2. The van der Waals surface area contributed by atoms with Crippen LogP contribution < -0.4 is 5.32 Å². The molecule has 1 aliphatic heterocycles. The van der Waals surface area contributed by atoms with Crippen molar-refractivity contribution in [3.05, 3.63) is 46.6 Å². The standard InChI is InChI=1S/C15H15N3O3/c1-8-13-11(7-12(19)16-14(13)18(2)17-8)9-3-5-10(6-4-9)15(20)21/h3-6,11H,7H2,1-2H3,(H,16,19)(H,20,21)/t11-/m1/s1. The van der Waals surface area contributed by atoms with Gasteiger partial charge in [0.15, 0.2) is 0 Å². The maximum Gasteiger partial charge on any atom is 0.335 e. The summed E-state index contributed by atoms with van der Waals surface area (Å²) in [7, 11) is 1.79. The van der Waals surface area contributed by atoms with Gasteiger partial charge >= 0.3 is 5.97 Å². The molecule has 0 fully saturated rings. The first kappa shape index (κ1) is 13.4. The second-order valence-corrected chi connectivity index (χ2v) is 5.20. The topological polar surface area (TPSA) is 84.2 Å². The maximum absolute atomic E-state index is 11.9. The van der Waals surface area contributed by atoms with Gasteiger partial charge in [0.1, 0.15) is 5.82 Å². The molecule has 6 nitrogen and oxygen atoms in total. The first-order valence-electron chi connectivity index (χ1n) is 6.64. The van der Waals surface area contributed by atoms with E-state index in [1.807, 2.05) is 6.92 Å². The van der Waals surface area contributed by atoms with Gasteiger partial charge in [-0.1, -0.05) is 12.1 Å². The largest absolute Gasteiger partial charge is 0.478 e. The van der Waals surface area contributed by atoms with Crippen LogP contribution in [0, 0.1) is 6.92 Å². The Morgan fingerprint density at radius 1 is 1.38 bits per heavy atom. The molecule has 1 atom stereocenters. The normalized spacial score (nSPS) is 17.2. The smallest absolute Gasteiger partial charge is 0.335 e. The third-order valence-electron chi connectivity index (χ3n) is 3.82. The van der Waals surface area contributed by atoms with Gasteiger partial charge in [0.05, 0.1) is 11.3 Å². The Balaban J connectivity index is 2.07. The highest BCUT2D eigenvalue weighted by Crippen LogP contribution is 2.38. The van der Waals surface area contributed by atoms with Crippen molar-refractivity contribution in [1.29, 1.82) is 0 Å². The van der Waals surface area contributed by atoms with E-state index in [0.29, 0.717) is 6.42 Å². The lowest BCUT2D eigenvalue weighted by atomic mass is 9.85. The number of aromatic nitrogens is 2. The highest BCUT2D eigenvalue weighted by molar-refractivity contribution is 5.94. The Morgan fingerprint density at radius 3 is 2.67 bits per heavy atom. The summed E-state index contributed by atoms with van der Waals surface area (Å²) in [6, 6.07) is 6.66. The van der Waals surface area contributed by atoms with Crippen LogP contribution >= 0.6 is 0 Å². The van der Waals surface area contributed by atoms with E-state index in [2.05, 4.69) is 10.4 Å². The van der Waals surface area contributed by atoms with Crippen LogP contribution in [0.4, 0.5) is 5.82 Å². The molecule has 0 saturated carbocycles. The first-order chi connectivity index (χ1) is 9.97. The first-order valence-corrected chi connectivity index (χ1v) is 6.64. The molecule has 0 unspecified atom stereocenters. The van der Waals surface area contributed by atoms with Crippen LogP contribution in [0.5, 0.6) is 0 Å². The van der Waals surface area contributed by atoms with Gasteiger partial charge in [-0.15, -0.1) is 0 Å². The number of carboxylic acids is 1. The van der Waals surface area contributed by atoms with Crippen molar-refractivity contribution in [3.8, 4) is 0 Å². The van der Waals surface area contributed by atoms with Crippen molar-refractivity contribution >= 4 is 17.7 Å². The Kier molecular flexibility index (Phi) is 3.01. The summed E-state index contributed by atoms with van der Waals surface area (Å²) < 4.78 is 1.67. The quantitative estimate of drug-likeness (QED) is 0.882. The van der Waals surface area contributed by atoms with Crippen molar-refractivity contribution in [3.63, 3.8) is 0 Å². The second kappa shape index (κ2) is 4.73. The van der Waals surface area contributed by atoms with Crippen molar-refractivity contribution in [2.75, 3.05) is 5.32 Å². The molecule has 0 aliphatic carbocycles. The molecule has 2 N–H and O–H groups in total. The van der Waals surface area contributed by atoms with Gasteiger partial charge in [0.25, 0.3) is 0 Å². The molecule has 1 amide bonds. The van der Waals surface area contributed by atoms with E-state index < -0.39 is 5.97 Å². The molecular weight excluding hydrogens is 270 g/mol. The number of fused-ring (bicyclic) bond motifs is 1. The number of carboxylic acid groups (broad SMARTS) is 1. The van der Waals surface area contributed by atoms with E-state index in [4.69, 9.17) is 5.11 Å². The van der Waals surface area contributed by atoms with Crippen molar-refractivity contribution in [2.24, 2.45) is 7.05 Å². The van der Waals surface area contributed by atoms with E-state index >= 15 is 0 Å². The zero-order valence-electron chi connectivity index (χ0n) is 11.8. The average molecular weight is 285 g/mol. The minimum atomic E-state index is -0.957. The summed E-state index contributed by atoms with van der Waals surface area (Å²) in [5.74, 6) is -0.389. The van der Waals surface area contributed by atoms with Gasteiger partial charge in [0, 0.05) is 24.9 Å². The number of nitrogens with zero attached hydrogens (tertiary/aromatic N) is 2. The summed E-state index contributed by atoms with van der Waals surface area (Å²) in [4.78, 5) is 22.8. The molecule has 2 heterocycles. The number of benzene rings is 1. The number of amides is 1. The van der Waals surface area contributed by atoms with Crippen LogP contribution in [0.2, 0.25) is 0 Å². The number of aryl methyl sites for hydroxylation is 2. The van der Waals surface area contributed by atoms with Crippen LogP contribution in [0.3, 0.4) is 0 Å². The van der Waals surface area contributed by atoms with Gasteiger partial charge in [0.2, 0.25) is 5.91 Å². The molecule has 0 bridgehead atoms. The number of hydrogen-bond acceptors (Lipinski definition) is 3. The van der Waals surface area contributed by atoms with Crippen LogP contribution in [-0.2, 0) is 11.8 Å². The number of hydrogen-bond donors (Lipinski definition) is 2. The number of aromatic carboxylic acids is 1. The molecule has 108 valence electrons. The lowest BCUT2D eigenvalue weighted by Crippen LogP contribution is -2.24. The predicted molar refractivity (Wildman–Crippen MR) is 76.4 cm³/mol. The van der Waals surface area contributed by atoms with Crippen LogP contribution in [-0.4, -0.2) is 26.8 Å². The lowest BCUT2D eigenvalue weighted by Gasteiger charge is -2.24. The molecule has 0 spiro atoms. The zero-order valence-corrected chi connectivity index (χ0v) is 11.8. The monoisotopic (exact) mass is 285 g/mol. The molecule has 21 heavy (non-hydrogen) atoms. The van der Waals surface area contributed by atoms with E-state index in [1.165, 1.54) is 0 Å². The van der Waals surface area contributed by atoms with Gasteiger partial charge in [-0.3, -0.25) is 9.48 Å². The lowest BCUT2D eigenvalue weighted by molar-refractivity contribution is -0.116. The Morgan fingerprint density at radius 2 is 2.05 bits per heavy atom. The number of carbonyl (C=O) groups excluding carboxylic acids is 1. The molecule has 1 aliphatic rings. The molecule has 0 saturated heterocycles. The van der Waals surface area contributed by atoms with Crippen LogP contribution in [0.1, 0.15) is 39.5 Å². The summed E-state index contributed by atoms with van der Waals surface area (Å²) in [5.41, 5.74) is 3.04. The molecule has 0 radical (unpaired) electrons. The van der Waals surface area contributed by atoms with E-state index in [-0.39, 0.29) is 17.4 Å². The molecular formula is C15H15N3O3. The molecule has 1 aromatic carbocycles. The minimum absolute atomic E-state index is 0.0576. The van der Waals surface area contributed by atoms with E-state index in [9.17, 15) is 9.59 Å². The number of anilines is 1. The van der Waals surface area contributed by atoms with E-state index in [0.717, 1.165) is 22.6 Å². The zero-order chi connectivity index (χ0) is 15.1. The maximum atomic E-state index is 11.9. The highest BCUT2D eigenvalue weighted by Gasteiger charge is 2.31. The average Bonchev–Trinajstić information content (AvgIpc) is 2.73. The van der Waals surface area contributed by atoms with Crippen LogP contribution in [0.25, 0.3) is 0 Å². The molecule has 1 aromatic heterocycles. The Bertz CT molecular complexity index is 731. The predicted octanol–water partition coefficient (Wildman–Crippen LogP) is 1.90. The Hall–Kier alpha value is -2.63. The van der Waals surface area contributed by atoms with E-state index in [1.54, 1.807) is 36.0 Å². The number of rotatable bonds is 2. The SMILES string of the molecule is Cc1nn(C)c2c1[C@@H](c1ccc(C(=O)O)cc1)CC(=O)N2. The van der Waals surface area contributed by atoms with Crippen molar-refractivity contribution < 1.29 is 14.7 Å². The number of carbonyl (C=O) groups is 2. The third kappa shape index (κ3) is 2.18. The van der Waals surface area contributed by atoms with Gasteiger partial charge in [-0.25, -0.2) is 4.79 Å². The van der Waals surface area contributed by atoms with Gasteiger partial charge in [-0.05, 0) is 24.6 Å². The molecule has 6 heteroatoms. The van der Waals surface area contributed by atoms with Crippen molar-refractivity contribution in [1.82, 2.24) is 9.78 Å².